The van der Waals surface area contributed by atoms with E-state index in [1.165, 1.54) is 4.90 Å². The van der Waals surface area contributed by atoms with E-state index in [1.807, 2.05) is 13.0 Å². The highest BCUT2D eigenvalue weighted by molar-refractivity contribution is 8.18. The van der Waals surface area contributed by atoms with Gasteiger partial charge in [-0.15, -0.1) is 6.58 Å². The molecule has 1 aromatic carbocycles. The van der Waals surface area contributed by atoms with E-state index in [2.05, 4.69) is 6.58 Å². The molecule has 122 valence electrons. The fraction of sp³-hybridized carbons (Fsp3) is 0.294. The normalized spacial score (nSPS) is 17.6. The second-order valence-corrected chi connectivity index (χ2v) is 6.08. The van der Waals surface area contributed by atoms with E-state index in [1.54, 1.807) is 39.4 Å². The van der Waals surface area contributed by atoms with Crippen LogP contribution in [0.5, 0.6) is 11.5 Å². The highest BCUT2D eigenvalue weighted by atomic mass is 32.2. The summed E-state index contributed by atoms with van der Waals surface area (Å²) in [6.07, 6.45) is 3.28. The predicted octanol–water partition coefficient (Wildman–Crippen LogP) is 3.62. The zero-order chi connectivity index (χ0) is 17.1. The molecule has 1 fully saturated rings. The number of hydrogen-bond acceptors (Lipinski definition) is 5. The van der Waals surface area contributed by atoms with Gasteiger partial charge in [0.2, 0.25) is 0 Å². The molecule has 1 aliphatic rings. The van der Waals surface area contributed by atoms with Gasteiger partial charge in [0.1, 0.15) is 0 Å². The number of methoxy groups -OCH3 is 2. The van der Waals surface area contributed by atoms with Crippen molar-refractivity contribution in [1.82, 2.24) is 4.90 Å². The number of aryl methyl sites for hydroxylation is 1. The van der Waals surface area contributed by atoms with Crippen LogP contribution in [0.25, 0.3) is 6.08 Å². The van der Waals surface area contributed by atoms with E-state index >= 15 is 0 Å². The number of benzene rings is 1. The smallest absolute Gasteiger partial charge is 0.294 e. The molecule has 0 spiro atoms. The summed E-state index contributed by atoms with van der Waals surface area (Å²) in [5, 5.41) is -0.285. The van der Waals surface area contributed by atoms with E-state index in [0.29, 0.717) is 16.4 Å². The van der Waals surface area contributed by atoms with Gasteiger partial charge in [0, 0.05) is 0 Å². The first-order chi connectivity index (χ1) is 10.9. The molecule has 0 bridgehead atoms. The maximum Gasteiger partial charge on any atom is 0.294 e. The highest BCUT2D eigenvalue weighted by Gasteiger charge is 2.37. The number of amides is 2. The average molecular weight is 333 g/mol. The average Bonchev–Trinajstić information content (AvgIpc) is 2.82. The molecule has 1 atom stereocenters. The van der Waals surface area contributed by atoms with Gasteiger partial charge in [-0.25, -0.2) is 0 Å². The third kappa shape index (κ3) is 3.27. The molecule has 0 radical (unpaired) electrons. The molecule has 2 amide bonds. The monoisotopic (exact) mass is 333 g/mol. The van der Waals surface area contributed by atoms with Crippen molar-refractivity contribution in [3.8, 4) is 11.5 Å². The van der Waals surface area contributed by atoms with Crippen LogP contribution in [0.2, 0.25) is 0 Å². The minimum atomic E-state index is -0.333. The fourth-order valence-electron chi connectivity index (χ4n) is 2.23. The maximum atomic E-state index is 12.4. The van der Waals surface area contributed by atoms with Crippen LogP contribution in [0.15, 0.2) is 29.7 Å². The Hall–Kier alpha value is -2.21. The number of nitrogens with zero attached hydrogens (tertiary/aromatic N) is 1. The molecular formula is C17H19NO4S. The second kappa shape index (κ2) is 6.91. The summed E-state index contributed by atoms with van der Waals surface area (Å²) in [5.74, 6) is 0.889. The molecule has 1 saturated heterocycles. The fourth-order valence-corrected chi connectivity index (χ4v) is 3.14. The first kappa shape index (κ1) is 17.1. The molecular weight excluding hydrogens is 314 g/mol. The van der Waals surface area contributed by atoms with Crippen LogP contribution in [0.4, 0.5) is 4.79 Å². The first-order valence-electron chi connectivity index (χ1n) is 7.05. The van der Waals surface area contributed by atoms with Gasteiger partial charge in [0.05, 0.1) is 25.2 Å². The van der Waals surface area contributed by atoms with Gasteiger partial charge in [-0.3, -0.25) is 14.5 Å². The SMILES string of the molecule is C=C[C@H](C)N1C(=O)S/C(=C\c2cc(OC)c(OC)cc2C)C1=O. The highest BCUT2D eigenvalue weighted by Crippen LogP contribution is 2.36. The first-order valence-corrected chi connectivity index (χ1v) is 7.86. The van der Waals surface area contributed by atoms with Crippen molar-refractivity contribution in [2.24, 2.45) is 0 Å². The largest absolute Gasteiger partial charge is 0.493 e. The van der Waals surface area contributed by atoms with Gasteiger partial charge >= 0.3 is 0 Å². The van der Waals surface area contributed by atoms with Crippen LogP contribution in [-0.2, 0) is 4.79 Å². The lowest BCUT2D eigenvalue weighted by atomic mass is 10.1. The Morgan fingerprint density at radius 1 is 1.22 bits per heavy atom. The van der Waals surface area contributed by atoms with Crippen molar-refractivity contribution >= 4 is 29.0 Å². The summed E-state index contributed by atoms with van der Waals surface area (Å²) in [5.41, 5.74) is 1.73. The van der Waals surface area contributed by atoms with Gasteiger partial charge in [-0.1, -0.05) is 6.08 Å². The van der Waals surface area contributed by atoms with Gasteiger partial charge in [-0.05, 0) is 54.9 Å². The third-order valence-electron chi connectivity index (χ3n) is 3.63. The number of carbonyl (C=O) groups excluding carboxylic acids is 2. The van der Waals surface area contributed by atoms with E-state index < -0.39 is 0 Å². The molecule has 1 aliphatic heterocycles. The van der Waals surface area contributed by atoms with Crippen LogP contribution in [-0.4, -0.2) is 36.3 Å². The van der Waals surface area contributed by atoms with Crippen molar-refractivity contribution in [2.75, 3.05) is 14.2 Å². The molecule has 6 heteroatoms. The number of ether oxygens (including phenoxy) is 2. The number of rotatable bonds is 5. The summed E-state index contributed by atoms with van der Waals surface area (Å²) in [4.78, 5) is 26.0. The molecule has 0 aromatic heterocycles. The molecule has 0 saturated carbocycles. The molecule has 1 aromatic rings. The van der Waals surface area contributed by atoms with Crippen LogP contribution in [0, 0.1) is 6.92 Å². The number of carbonyl (C=O) groups is 2. The van der Waals surface area contributed by atoms with E-state index in [9.17, 15) is 9.59 Å². The molecule has 0 aliphatic carbocycles. The van der Waals surface area contributed by atoms with Crippen LogP contribution >= 0.6 is 11.8 Å². The van der Waals surface area contributed by atoms with E-state index in [-0.39, 0.29) is 17.2 Å². The lowest BCUT2D eigenvalue weighted by molar-refractivity contribution is -0.123. The standard InChI is InChI=1S/C17H19NO4S/c1-6-11(3)18-16(19)15(23-17(18)20)9-12-8-14(22-5)13(21-4)7-10(12)2/h6-9,11H,1H2,2-5H3/b15-9-/t11-/m0/s1. The van der Waals surface area contributed by atoms with Crippen LogP contribution < -0.4 is 9.47 Å². The summed E-state index contributed by atoms with van der Waals surface area (Å²) in [6.45, 7) is 7.30. The molecule has 0 N–H and O–H groups in total. The minimum absolute atomic E-state index is 0.285. The summed E-state index contributed by atoms with van der Waals surface area (Å²) in [6, 6.07) is 3.29. The molecule has 2 rings (SSSR count). The van der Waals surface area contributed by atoms with Crippen molar-refractivity contribution in [3.63, 3.8) is 0 Å². The Balaban J connectivity index is 2.41. The Labute approximate surface area is 139 Å². The predicted molar refractivity (Wildman–Crippen MR) is 91.8 cm³/mol. The van der Waals surface area contributed by atoms with E-state index in [4.69, 9.17) is 9.47 Å². The Kier molecular flexibility index (Phi) is 5.15. The van der Waals surface area contributed by atoms with E-state index in [0.717, 1.165) is 22.9 Å². The summed E-state index contributed by atoms with van der Waals surface area (Å²) < 4.78 is 10.5. The maximum absolute atomic E-state index is 12.4. The van der Waals surface area contributed by atoms with Crippen molar-refractivity contribution in [1.29, 1.82) is 0 Å². The van der Waals surface area contributed by atoms with Gasteiger partial charge < -0.3 is 9.47 Å². The summed E-state index contributed by atoms with van der Waals surface area (Å²) >= 11 is 0.931. The van der Waals surface area contributed by atoms with Crippen molar-refractivity contribution < 1.29 is 19.1 Å². The number of thioether (sulfide) groups is 1. The zero-order valence-corrected chi connectivity index (χ0v) is 14.4. The number of imide groups is 1. The zero-order valence-electron chi connectivity index (χ0n) is 13.6. The number of hydrogen-bond donors (Lipinski definition) is 0. The lowest BCUT2D eigenvalue weighted by Crippen LogP contribution is -2.35. The molecule has 0 unspecified atom stereocenters. The van der Waals surface area contributed by atoms with Gasteiger partial charge in [-0.2, -0.15) is 0 Å². The lowest BCUT2D eigenvalue weighted by Gasteiger charge is -2.17. The Morgan fingerprint density at radius 3 is 2.39 bits per heavy atom. The van der Waals surface area contributed by atoms with Gasteiger partial charge in [0.25, 0.3) is 11.1 Å². The Morgan fingerprint density at radius 2 is 1.83 bits per heavy atom. The van der Waals surface area contributed by atoms with Crippen molar-refractivity contribution in [2.45, 2.75) is 19.9 Å². The second-order valence-electron chi connectivity index (χ2n) is 5.09. The topological polar surface area (TPSA) is 55.8 Å². The molecule has 5 nitrogen and oxygen atoms in total. The summed E-state index contributed by atoms with van der Waals surface area (Å²) in [7, 11) is 3.12. The van der Waals surface area contributed by atoms with Crippen LogP contribution in [0.1, 0.15) is 18.1 Å². The minimum Gasteiger partial charge on any atom is -0.493 e. The third-order valence-corrected chi connectivity index (χ3v) is 4.51. The van der Waals surface area contributed by atoms with Crippen LogP contribution in [0.3, 0.4) is 0 Å². The van der Waals surface area contributed by atoms with Gasteiger partial charge in [0.15, 0.2) is 11.5 Å². The molecule has 23 heavy (non-hydrogen) atoms. The quantitative estimate of drug-likeness (QED) is 0.608. The molecule has 1 heterocycles. The van der Waals surface area contributed by atoms with Crippen molar-refractivity contribution in [3.05, 3.63) is 40.8 Å². The Bertz CT molecular complexity index is 696.